The smallest absolute Gasteiger partial charge is 0.313 e. The van der Waals surface area contributed by atoms with Gasteiger partial charge in [0, 0.05) is 6.54 Å². The predicted octanol–water partition coefficient (Wildman–Crippen LogP) is 3.13. The van der Waals surface area contributed by atoms with Crippen LogP contribution in [-0.4, -0.2) is 12.5 Å². The molecule has 1 saturated carbocycles. The van der Waals surface area contributed by atoms with Crippen molar-refractivity contribution in [1.82, 2.24) is 0 Å². The van der Waals surface area contributed by atoms with E-state index in [1.165, 1.54) is 11.1 Å². The Bertz CT molecular complexity index is 492. The molecule has 1 aromatic rings. The Kier molecular flexibility index (Phi) is 3.79. The van der Waals surface area contributed by atoms with Gasteiger partial charge in [0.05, 0.1) is 5.41 Å². The topological polar surface area (TPSA) is 52.3 Å². The van der Waals surface area contributed by atoms with Crippen LogP contribution in [0.25, 0.3) is 0 Å². The van der Waals surface area contributed by atoms with Gasteiger partial charge in [0.15, 0.2) is 0 Å². The molecule has 2 N–H and O–H groups in total. The molecular weight excluding hydrogens is 250 g/mol. The van der Waals surface area contributed by atoms with Crippen molar-refractivity contribution >= 4 is 5.97 Å². The summed E-state index contributed by atoms with van der Waals surface area (Å²) >= 11 is 0. The molecule has 20 heavy (non-hydrogen) atoms. The summed E-state index contributed by atoms with van der Waals surface area (Å²) in [4.78, 5) is 12.6. The number of aryl methyl sites for hydroxylation is 1. The van der Waals surface area contributed by atoms with Gasteiger partial charge in [0.25, 0.3) is 0 Å². The zero-order valence-corrected chi connectivity index (χ0v) is 11.9. The lowest BCUT2D eigenvalue weighted by Crippen LogP contribution is -2.38. The lowest BCUT2D eigenvalue weighted by molar-refractivity contribution is -0.162. The van der Waals surface area contributed by atoms with Gasteiger partial charge in [-0.15, -0.1) is 0 Å². The van der Waals surface area contributed by atoms with Crippen molar-refractivity contribution in [2.24, 2.45) is 11.1 Å². The van der Waals surface area contributed by atoms with E-state index in [1.54, 1.807) is 0 Å². The van der Waals surface area contributed by atoms with Crippen LogP contribution in [0, 0.1) is 5.41 Å². The first-order valence-corrected chi connectivity index (χ1v) is 7.74. The third kappa shape index (κ3) is 2.35. The van der Waals surface area contributed by atoms with E-state index >= 15 is 0 Å². The zero-order chi connectivity index (χ0) is 14.0. The molecule has 108 valence electrons. The second-order valence-electron chi connectivity index (χ2n) is 6.18. The molecule has 1 atom stereocenters. The van der Waals surface area contributed by atoms with Crippen molar-refractivity contribution in [3.8, 4) is 0 Å². The Labute approximate surface area is 120 Å². The van der Waals surface area contributed by atoms with E-state index in [0.29, 0.717) is 6.54 Å². The zero-order valence-electron chi connectivity index (χ0n) is 11.9. The fourth-order valence-corrected chi connectivity index (χ4v) is 3.63. The molecule has 1 fully saturated rings. The summed E-state index contributed by atoms with van der Waals surface area (Å²) < 4.78 is 5.88. The maximum Gasteiger partial charge on any atom is 0.313 e. The van der Waals surface area contributed by atoms with Gasteiger partial charge in [-0.25, -0.2) is 0 Å². The minimum absolute atomic E-state index is 0.0702. The fraction of sp³-hybridized carbons (Fsp3) is 0.588. The monoisotopic (exact) mass is 273 g/mol. The van der Waals surface area contributed by atoms with E-state index in [1.807, 2.05) is 6.07 Å². The van der Waals surface area contributed by atoms with Crippen LogP contribution in [0.15, 0.2) is 24.3 Å². The van der Waals surface area contributed by atoms with Crippen molar-refractivity contribution in [2.75, 3.05) is 6.54 Å². The molecule has 0 radical (unpaired) electrons. The Morgan fingerprint density at radius 3 is 2.75 bits per heavy atom. The molecular formula is C17H23NO2. The molecule has 2 aliphatic carbocycles. The van der Waals surface area contributed by atoms with Gasteiger partial charge in [-0.05, 0) is 43.2 Å². The molecule has 0 spiro atoms. The van der Waals surface area contributed by atoms with E-state index < -0.39 is 5.41 Å². The van der Waals surface area contributed by atoms with Crippen LogP contribution in [0.3, 0.4) is 0 Å². The van der Waals surface area contributed by atoms with E-state index in [0.717, 1.165) is 44.9 Å². The number of rotatable bonds is 3. The first-order chi connectivity index (χ1) is 9.75. The van der Waals surface area contributed by atoms with Crippen LogP contribution in [-0.2, 0) is 16.0 Å². The van der Waals surface area contributed by atoms with Gasteiger partial charge in [0.1, 0.15) is 6.10 Å². The second kappa shape index (κ2) is 5.57. The normalized spacial score (nSPS) is 24.1. The minimum atomic E-state index is -0.410. The molecule has 1 aromatic carbocycles. The summed E-state index contributed by atoms with van der Waals surface area (Å²) in [6.45, 7) is 0.417. The van der Waals surface area contributed by atoms with Crippen molar-refractivity contribution in [3.63, 3.8) is 0 Å². The minimum Gasteiger partial charge on any atom is -0.457 e. The van der Waals surface area contributed by atoms with Gasteiger partial charge >= 0.3 is 5.97 Å². The molecule has 3 rings (SSSR count). The van der Waals surface area contributed by atoms with Gasteiger partial charge in [-0.1, -0.05) is 37.1 Å². The summed E-state index contributed by atoms with van der Waals surface area (Å²) in [7, 11) is 0. The average Bonchev–Trinajstić information content (AvgIpc) is 2.98. The summed E-state index contributed by atoms with van der Waals surface area (Å²) in [5, 5.41) is 0. The lowest BCUT2D eigenvalue weighted by atomic mass is 9.85. The number of benzene rings is 1. The van der Waals surface area contributed by atoms with E-state index in [2.05, 4.69) is 18.2 Å². The third-order valence-electron chi connectivity index (χ3n) is 4.95. The molecule has 0 saturated heterocycles. The van der Waals surface area contributed by atoms with Crippen molar-refractivity contribution in [1.29, 1.82) is 0 Å². The van der Waals surface area contributed by atoms with Gasteiger partial charge < -0.3 is 10.5 Å². The number of ether oxygens (including phenoxy) is 1. The van der Waals surface area contributed by atoms with Gasteiger partial charge in [0.2, 0.25) is 0 Å². The highest BCUT2D eigenvalue weighted by molar-refractivity contribution is 5.78. The van der Waals surface area contributed by atoms with Gasteiger partial charge in [-0.2, -0.15) is 0 Å². The standard InChI is InChI=1S/C17H23NO2/c18-12-17(10-3-4-11-17)16(19)20-15-9-5-7-13-6-1-2-8-14(13)15/h1-2,6,8,15H,3-5,7,9-12,18H2. The fourth-order valence-electron chi connectivity index (χ4n) is 3.63. The molecule has 3 heteroatoms. The van der Waals surface area contributed by atoms with Crippen molar-refractivity contribution in [3.05, 3.63) is 35.4 Å². The first kappa shape index (κ1) is 13.6. The Morgan fingerprint density at radius 1 is 1.25 bits per heavy atom. The highest BCUT2D eigenvalue weighted by Gasteiger charge is 2.42. The maximum absolute atomic E-state index is 12.6. The van der Waals surface area contributed by atoms with E-state index in [4.69, 9.17) is 10.5 Å². The number of carbonyl (C=O) groups is 1. The SMILES string of the molecule is NCC1(C(=O)OC2CCCc3ccccc32)CCCC1. The molecule has 0 aliphatic heterocycles. The van der Waals surface area contributed by atoms with Crippen LogP contribution >= 0.6 is 0 Å². The highest BCUT2D eigenvalue weighted by Crippen LogP contribution is 2.41. The molecule has 0 aromatic heterocycles. The van der Waals surface area contributed by atoms with Crippen LogP contribution in [0.1, 0.15) is 55.8 Å². The van der Waals surface area contributed by atoms with E-state index in [-0.39, 0.29) is 12.1 Å². The molecule has 2 aliphatic rings. The summed E-state index contributed by atoms with van der Waals surface area (Å²) in [5.74, 6) is -0.0702. The number of esters is 1. The highest BCUT2D eigenvalue weighted by atomic mass is 16.5. The Hall–Kier alpha value is -1.35. The number of hydrogen-bond acceptors (Lipinski definition) is 3. The summed E-state index contributed by atoms with van der Waals surface area (Å²) in [6.07, 6.45) is 6.99. The molecule has 3 nitrogen and oxygen atoms in total. The van der Waals surface area contributed by atoms with Crippen molar-refractivity contribution < 1.29 is 9.53 Å². The quantitative estimate of drug-likeness (QED) is 0.861. The maximum atomic E-state index is 12.6. The van der Waals surface area contributed by atoms with Crippen molar-refractivity contribution in [2.45, 2.75) is 51.0 Å². The average molecular weight is 273 g/mol. The predicted molar refractivity (Wildman–Crippen MR) is 78.2 cm³/mol. The summed E-state index contributed by atoms with van der Waals surface area (Å²) in [6, 6.07) is 8.32. The van der Waals surface area contributed by atoms with Crippen LogP contribution in [0.5, 0.6) is 0 Å². The Balaban J connectivity index is 1.77. The Morgan fingerprint density at radius 2 is 2.00 bits per heavy atom. The first-order valence-electron chi connectivity index (χ1n) is 7.74. The number of fused-ring (bicyclic) bond motifs is 1. The molecule has 0 heterocycles. The lowest BCUT2D eigenvalue weighted by Gasteiger charge is -2.31. The van der Waals surface area contributed by atoms with Gasteiger partial charge in [-0.3, -0.25) is 4.79 Å². The summed E-state index contributed by atoms with van der Waals surface area (Å²) in [5.41, 5.74) is 7.97. The molecule has 0 bridgehead atoms. The number of nitrogens with two attached hydrogens (primary N) is 1. The largest absolute Gasteiger partial charge is 0.457 e. The molecule has 1 unspecified atom stereocenters. The van der Waals surface area contributed by atoms with Crippen LogP contribution in [0.4, 0.5) is 0 Å². The number of hydrogen-bond donors (Lipinski definition) is 1. The number of carbonyl (C=O) groups excluding carboxylic acids is 1. The molecule has 0 amide bonds. The third-order valence-corrected chi connectivity index (χ3v) is 4.95. The second-order valence-corrected chi connectivity index (χ2v) is 6.18. The van der Waals surface area contributed by atoms with Crippen LogP contribution < -0.4 is 5.73 Å². The van der Waals surface area contributed by atoms with E-state index in [9.17, 15) is 4.79 Å². The van der Waals surface area contributed by atoms with Crippen LogP contribution in [0.2, 0.25) is 0 Å².